The largest absolute Gasteiger partial charge is 0.352 e. The van der Waals surface area contributed by atoms with Crippen LogP contribution in [0.25, 0.3) is 0 Å². The fourth-order valence-corrected chi connectivity index (χ4v) is 7.26. The van der Waals surface area contributed by atoms with E-state index in [0.717, 1.165) is 52.4 Å². The van der Waals surface area contributed by atoms with E-state index in [0.29, 0.717) is 5.69 Å². The molecule has 7 nitrogen and oxygen atoms in total. The summed E-state index contributed by atoms with van der Waals surface area (Å²) in [5.74, 6) is -0.692. The molecule has 224 valence electrons. The summed E-state index contributed by atoms with van der Waals surface area (Å²) in [6.45, 7) is 7.08. The van der Waals surface area contributed by atoms with Gasteiger partial charge in [0.1, 0.15) is 12.6 Å². The number of rotatable bonds is 10. The standard InChI is InChI=1S/C33H40BrN3O4S/c1-23-16-18-30(19-17-23)42(40,41)37(31-15-8-10-24(2)25(31)3)22-32(38)36(21-27-11-9-12-28(34)20-27)26(4)33(39)35-29-13-6-5-7-14-29/h8-12,15-20,26,29H,5-7,13-14,21-22H2,1-4H3,(H,35,39)/t26-/m0/s1. The number of carbonyl (C=O) groups is 2. The molecule has 3 aromatic rings. The van der Waals surface area contributed by atoms with Crippen LogP contribution in [0.15, 0.2) is 76.1 Å². The second-order valence-corrected chi connectivity index (χ2v) is 14.0. The fraction of sp³-hybridized carbons (Fsp3) is 0.394. The zero-order valence-corrected chi connectivity index (χ0v) is 27.2. The van der Waals surface area contributed by atoms with E-state index in [4.69, 9.17) is 0 Å². The third kappa shape index (κ3) is 7.61. The third-order valence-corrected chi connectivity index (χ3v) is 10.4. The summed E-state index contributed by atoms with van der Waals surface area (Å²) in [6, 6.07) is 18.9. The molecule has 42 heavy (non-hydrogen) atoms. The van der Waals surface area contributed by atoms with Crippen molar-refractivity contribution in [1.29, 1.82) is 0 Å². The number of amides is 2. The van der Waals surface area contributed by atoms with E-state index in [9.17, 15) is 18.0 Å². The normalized spacial score (nSPS) is 14.7. The van der Waals surface area contributed by atoms with Crippen molar-refractivity contribution in [3.63, 3.8) is 0 Å². The number of hydrogen-bond donors (Lipinski definition) is 1. The third-order valence-electron chi connectivity index (χ3n) is 8.09. The quantitative estimate of drug-likeness (QED) is 0.273. The molecular weight excluding hydrogens is 614 g/mol. The van der Waals surface area contributed by atoms with E-state index in [1.54, 1.807) is 43.3 Å². The van der Waals surface area contributed by atoms with Gasteiger partial charge in [-0.3, -0.25) is 13.9 Å². The van der Waals surface area contributed by atoms with E-state index in [2.05, 4.69) is 21.2 Å². The Labute approximate surface area is 258 Å². The van der Waals surface area contributed by atoms with Crippen molar-refractivity contribution in [1.82, 2.24) is 10.2 Å². The van der Waals surface area contributed by atoms with Crippen molar-refractivity contribution in [3.05, 3.63) is 93.5 Å². The Morgan fingerprint density at radius 1 is 0.952 bits per heavy atom. The monoisotopic (exact) mass is 653 g/mol. The van der Waals surface area contributed by atoms with Crippen molar-refractivity contribution in [2.75, 3.05) is 10.8 Å². The maximum Gasteiger partial charge on any atom is 0.264 e. The molecular formula is C33H40BrN3O4S. The van der Waals surface area contributed by atoms with Crippen LogP contribution in [0.3, 0.4) is 0 Å². The first-order chi connectivity index (χ1) is 20.0. The molecule has 9 heteroatoms. The molecule has 0 aromatic heterocycles. The van der Waals surface area contributed by atoms with Crippen molar-refractivity contribution >= 4 is 43.5 Å². The van der Waals surface area contributed by atoms with Gasteiger partial charge in [0.25, 0.3) is 10.0 Å². The van der Waals surface area contributed by atoms with Gasteiger partial charge in [-0.15, -0.1) is 0 Å². The summed E-state index contributed by atoms with van der Waals surface area (Å²) in [4.78, 5) is 29.3. The lowest BCUT2D eigenvalue weighted by atomic mass is 9.95. The molecule has 4 rings (SSSR count). The summed E-state index contributed by atoms with van der Waals surface area (Å²) < 4.78 is 30.2. The smallest absolute Gasteiger partial charge is 0.264 e. The van der Waals surface area contributed by atoms with Crippen LogP contribution in [0.1, 0.15) is 61.3 Å². The lowest BCUT2D eigenvalue weighted by molar-refractivity contribution is -0.139. The van der Waals surface area contributed by atoms with Gasteiger partial charge in [0, 0.05) is 17.1 Å². The molecule has 0 aliphatic heterocycles. The molecule has 1 aliphatic rings. The maximum atomic E-state index is 14.2. The number of hydrogen-bond acceptors (Lipinski definition) is 4. The minimum atomic E-state index is -4.11. The minimum absolute atomic E-state index is 0.0879. The topological polar surface area (TPSA) is 86.8 Å². The van der Waals surface area contributed by atoms with Gasteiger partial charge in [-0.25, -0.2) is 8.42 Å². The highest BCUT2D eigenvalue weighted by Crippen LogP contribution is 2.29. The molecule has 1 saturated carbocycles. The lowest BCUT2D eigenvalue weighted by Gasteiger charge is -2.33. The van der Waals surface area contributed by atoms with Gasteiger partial charge in [0.15, 0.2) is 0 Å². The number of carbonyl (C=O) groups excluding carboxylic acids is 2. The molecule has 0 heterocycles. The molecule has 3 aromatic carbocycles. The molecule has 0 unspecified atom stereocenters. The Balaban J connectivity index is 1.71. The fourth-order valence-electron chi connectivity index (χ4n) is 5.34. The number of halogens is 1. The van der Waals surface area contributed by atoms with Gasteiger partial charge < -0.3 is 10.2 Å². The Hall–Kier alpha value is -3.17. The van der Waals surface area contributed by atoms with Gasteiger partial charge in [0.05, 0.1) is 10.6 Å². The number of sulfonamides is 1. The Bertz CT molecular complexity index is 1520. The van der Waals surface area contributed by atoms with Gasteiger partial charge in [-0.2, -0.15) is 0 Å². The van der Waals surface area contributed by atoms with E-state index >= 15 is 0 Å². The van der Waals surface area contributed by atoms with Crippen molar-refractivity contribution in [2.24, 2.45) is 0 Å². The molecule has 0 spiro atoms. The number of benzene rings is 3. The lowest BCUT2D eigenvalue weighted by Crippen LogP contribution is -2.53. The van der Waals surface area contributed by atoms with Gasteiger partial charge >= 0.3 is 0 Å². The summed E-state index contributed by atoms with van der Waals surface area (Å²) in [7, 11) is -4.11. The van der Waals surface area contributed by atoms with Crippen molar-refractivity contribution < 1.29 is 18.0 Å². The highest BCUT2D eigenvalue weighted by atomic mass is 79.9. The zero-order valence-electron chi connectivity index (χ0n) is 24.8. The molecule has 1 N–H and O–H groups in total. The zero-order chi connectivity index (χ0) is 30.4. The first kappa shape index (κ1) is 31.8. The van der Waals surface area contributed by atoms with E-state index in [1.165, 1.54) is 15.6 Å². The number of aryl methyl sites for hydroxylation is 2. The van der Waals surface area contributed by atoms with Crippen molar-refractivity contribution in [2.45, 2.75) is 83.3 Å². The van der Waals surface area contributed by atoms with Crippen LogP contribution in [0.2, 0.25) is 0 Å². The second-order valence-electron chi connectivity index (χ2n) is 11.2. The first-order valence-electron chi connectivity index (χ1n) is 14.5. The first-order valence-corrected chi connectivity index (χ1v) is 16.7. The highest BCUT2D eigenvalue weighted by molar-refractivity contribution is 9.10. The Morgan fingerprint density at radius 2 is 1.62 bits per heavy atom. The SMILES string of the molecule is Cc1ccc(S(=O)(=O)N(CC(=O)N(Cc2cccc(Br)c2)[C@@H](C)C(=O)NC2CCCCC2)c2cccc(C)c2C)cc1. The van der Waals surface area contributed by atoms with E-state index in [1.807, 2.05) is 51.1 Å². The predicted molar refractivity (Wildman–Crippen MR) is 171 cm³/mol. The van der Waals surface area contributed by atoms with Crippen molar-refractivity contribution in [3.8, 4) is 0 Å². The molecule has 0 saturated heterocycles. The number of anilines is 1. The molecule has 0 radical (unpaired) electrons. The summed E-state index contributed by atoms with van der Waals surface area (Å²) in [6.07, 6.45) is 5.16. The molecule has 1 aliphatic carbocycles. The van der Waals surface area contributed by atoms with Gasteiger partial charge in [-0.05, 0) is 87.6 Å². The van der Waals surface area contributed by atoms with E-state index < -0.39 is 28.5 Å². The Morgan fingerprint density at radius 3 is 2.29 bits per heavy atom. The van der Waals surface area contributed by atoms with E-state index in [-0.39, 0.29) is 23.4 Å². The predicted octanol–water partition coefficient (Wildman–Crippen LogP) is 6.44. The molecule has 0 bridgehead atoms. The molecule has 1 fully saturated rings. The van der Waals surface area contributed by atoms with Gasteiger partial charge in [-0.1, -0.05) is 77.2 Å². The maximum absolute atomic E-state index is 14.2. The average Bonchev–Trinajstić information content (AvgIpc) is 2.96. The van der Waals surface area contributed by atoms with Crippen LogP contribution < -0.4 is 9.62 Å². The van der Waals surface area contributed by atoms with Gasteiger partial charge in [0.2, 0.25) is 11.8 Å². The summed E-state index contributed by atoms with van der Waals surface area (Å²) >= 11 is 3.49. The van der Waals surface area contributed by atoms with Crippen LogP contribution in [-0.2, 0) is 26.2 Å². The number of nitrogens with one attached hydrogen (secondary N) is 1. The van der Waals surface area contributed by atoms with Crippen LogP contribution in [-0.4, -0.2) is 43.8 Å². The summed E-state index contributed by atoms with van der Waals surface area (Å²) in [5, 5.41) is 3.14. The van der Waals surface area contributed by atoms with Crippen LogP contribution in [0, 0.1) is 20.8 Å². The number of nitrogens with zero attached hydrogens (tertiary/aromatic N) is 2. The van der Waals surface area contributed by atoms with Crippen LogP contribution in [0.4, 0.5) is 5.69 Å². The van der Waals surface area contributed by atoms with Crippen LogP contribution >= 0.6 is 15.9 Å². The average molecular weight is 655 g/mol. The molecule has 2 amide bonds. The highest BCUT2D eigenvalue weighted by Gasteiger charge is 2.34. The van der Waals surface area contributed by atoms with Crippen LogP contribution in [0.5, 0.6) is 0 Å². The minimum Gasteiger partial charge on any atom is -0.352 e. The second kappa shape index (κ2) is 13.9. The molecule has 1 atom stereocenters. The summed E-state index contributed by atoms with van der Waals surface area (Å²) in [5.41, 5.74) is 3.87. The Kier molecular flexibility index (Phi) is 10.5.